The number of hydrogen-bond acceptors (Lipinski definition) is 3. The Morgan fingerprint density at radius 1 is 2.00 bits per heavy atom. The van der Waals surface area contributed by atoms with E-state index in [1.165, 1.54) is 0 Å². The summed E-state index contributed by atoms with van der Waals surface area (Å²) in [5, 5.41) is 0. The van der Waals surface area contributed by atoms with Gasteiger partial charge in [0.05, 0.1) is 5.70 Å². The topological polar surface area (TPSA) is 47.3 Å². The molecule has 34 valence electrons. The van der Waals surface area contributed by atoms with Crippen LogP contribution in [0.15, 0.2) is 11.9 Å². The van der Waals surface area contributed by atoms with Crippen LogP contribution in [-0.2, 0) is 4.84 Å². The van der Waals surface area contributed by atoms with Gasteiger partial charge in [-0.15, -0.1) is 0 Å². The summed E-state index contributed by atoms with van der Waals surface area (Å²) in [6, 6.07) is 0. The Kier molecular flexibility index (Phi) is 0.686. The van der Waals surface area contributed by atoms with Crippen molar-refractivity contribution in [3.8, 4) is 0 Å². The molecule has 3 heteroatoms. The van der Waals surface area contributed by atoms with Crippen molar-refractivity contribution in [3.63, 3.8) is 0 Å². The second-order valence-electron chi connectivity index (χ2n) is 1.13. The van der Waals surface area contributed by atoms with Crippen molar-refractivity contribution in [1.82, 2.24) is 5.48 Å². The average Bonchev–Trinajstić information content (AvgIpc) is 1.86. The Hall–Kier alpha value is -0.700. The Balaban J connectivity index is 2.45. The SMILES string of the molecule is NC1=CNOC1. The van der Waals surface area contributed by atoms with Gasteiger partial charge in [0.1, 0.15) is 6.61 Å². The summed E-state index contributed by atoms with van der Waals surface area (Å²) in [7, 11) is 0. The van der Waals surface area contributed by atoms with E-state index in [0.717, 1.165) is 5.70 Å². The molecule has 1 heterocycles. The first-order valence-corrected chi connectivity index (χ1v) is 1.71. The van der Waals surface area contributed by atoms with Gasteiger partial charge in [-0.3, -0.25) is 10.3 Å². The molecule has 6 heavy (non-hydrogen) atoms. The van der Waals surface area contributed by atoms with Gasteiger partial charge in [-0.05, 0) is 0 Å². The summed E-state index contributed by atoms with van der Waals surface area (Å²) < 4.78 is 0. The Labute approximate surface area is 35.7 Å². The molecule has 0 saturated heterocycles. The van der Waals surface area contributed by atoms with Gasteiger partial charge in [0.2, 0.25) is 0 Å². The first kappa shape index (κ1) is 3.49. The lowest BCUT2D eigenvalue weighted by atomic mass is 10.6. The molecule has 0 atom stereocenters. The highest BCUT2D eigenvalue weighted by atomic mass is 16.6. The molecule has 1 aliphatic heterocycles. The fraction of sp³-hybridized carbons (Fsp3) is 0.333. The van der Waals surface area contributed by atoms with Gasteiger partial charge in [-0.25, -0.2) is 0 Å². The summed E-state index contributed by atoms with van der Waals surface area (Å²) in [5.74, 6) is 0. The van der Waals surface area contributed by atoms with Crippen molar-refractivity contribution in [2.75, 3.05) is 6.61 Å². The summed E-state index contributed by atoms with van der Waals surface area (Å²) in [4.78, 5) is 4.59. The first-order valence-electron chi connectivity index (χ1n) is 1.71. The standard InChI is InChI=1S/C3H6N2O/c4-3-1-5-6-2-3/h1,5H,2,4H2. The summed E-state index contributed by atoms with van der Waals surface area (Å²) in [5.41, 5.74) is 8.44. The summed E-state index contributed by atoms with van der Waals surface area (Å²) in [6.45, 7) is 0.514. The van der Waals surface area contributed by atoms with Crippen molar-refractivity contribution >= 4 is 0 Å². The maximum Gasteiger partial charge on any atom is 0.115 e. The third-order valence-electron chi connectivity index (χ3n) is 0.566. The van der Waals surface area contributed by atoms with Crippen LogP contribution in [0.3, 0.4) is 0 Å². The monoisotopic (exact) mass is 86.0 g/mol. The molecule has 1 rings (SSSR count). The average molecular weight is 86.1 g/mol. The molecule has 0 bridgehead atoms. The lowest BCUT2D eigenvalue weighted by molar-refractivity contribution is 0.112. The number of hydroxylamine groups is 1. The second-order valence-corrected chi connectivity index (χ2v) is 1.13. The third kappa shape index (κ3) is 0.440. The van der Waals surface area contributed by atoms with Crippen molar-refractivity contribution in [3.05, 3.63) is 11.9 Å². The van der Waals surface area contributed by atoms with E-state index in [1.54, 1.807) is 6.20 Å². The smallest absolute Gasteiger partial charge is 0.115 e. The number of nitrogens with one attached hydrogen (secondary N) is 1. The second kappa shape index (κ2) is 1.18. The maximum absolute atomic E-state index is 5.21. The molecule has 0 saturated carbocycles. The fourth-order valence-corrected chi connectivity index (χ4v) is 0.284. The van der Waals surface area contributed by atoms with Crippen LogP contribution in [0.4, 0.5) is 0 Å². The molecule has 0 spiro atoms. The van der Waals surface area contributed by atoms with E-state index in [9.17, 15) is 0 Å². The largest absolute Gasteiger partial charge is 0.399 e. The quantitative estimate of drug-likeness (QED) is 0.410. The Bertz CT molecular complexity index is 78.9. The fourth-order valence-electron chi connectivity index (χ4n) is 0.284. The summed E-state index contributed by atoms with van der Waals surface area (Å²) >= 11 is 0. The van der Waals surface area contributed by atoms with Crippen LogP contribution in [0.25, 0.3) is 0 Å². The van der Waals surface area contributed by atoms with Gasteiger partial charge in [0.25, 0.3) is 0 Å². The lowest BCUT2D eigenvalue weighted by Gasteiger charge is -1.83. The normalized spacial score (nSPS) is 19.7. The maximum atomic E-state index is 5.21. The van der Waals surface area contributed by atoms with Gasteiger partial charge in [-0.1, -0.05) is 0 Å². The van der Waals surface area contributed by atoms with Crippen molar-refractivity contribution in [2.24, 2.45) is 5.73 Å². The van der Waals surface area contributed by atoms with Gasteiger partial charge >= 0.3 is 0 Å². The van der Waals surface area contributed by atoms with Crippen molar-refractivity contribution in [2.45, 2.75) is 0 Å². The number of nitrogens with two attached hydrogens (primary N) is 1. The number of rotatable bonds is 0. The van der Waals surface area contributed by atoms with Crippen molar-refractivity contribution in [1.29, 1.82) is 0 Å². The Morgan fingerprint density at radius 2 is 2.83 bits per heavy atom. The van der Waals surface area contributed by atoms with E-state index in [4.69, 9.17) is 5.73 Å². The number of hydrogen-bond donors (Lipinski definition) is 2. The van der Waals surface area contributed by atoms with Crippen molar-refractivity contribution < 1.29 is 4.84 Å². The van der Waals surface area contributed by atoms with Crippen LogP contribution in [0, 0.1) is 0 Å². The highest BCUT2D eigenvalue weighted by Crippen LogP contribution is 1.87. The molecular weight excluding hydrogens is 80.0 g/mol. The minimum Gasteiger partial charge on any atom is -0.399 e. The molecule has 0 radical (unpaired) electrons. The van der Waals surface area contributed by atoms with Gasteiger partial charge in [-0.2, -0.15) is 0 Å². The molecule has 0 fully saturated rings. The van der Waals surface area contributed by atoms with E-state index in [0.29, 0.717) is 6.61 Å². The molecular formula is C3H6N2O. The first-order chi connectivity index (χ1) is 2.89. The van der Waals surface area contributed by atoms with Gasteiger partial charge < -0.3 is 5.73 Å². The lowest BCUT2D eigenvalue weighted by Crippen LogP contribution is -1.99. The van der Waals surface area contributed by atoms with Crippen LogP contribution >= 0.6 is 0 Å². The van der Waals surface area contributed by atoms with Crippen LogP contribution in [0.5, 0.6) is 0 Å². The van der Waals surface area contributed by atoms with E-state index < -0.39 is 0 Å². The minimum atomic E-state index is 0.514. The molecule has 3 nitrogen and oxygen atoms in total. The van der Waals surface area contributed by atoms with E-state index in [1.807, 2.05) is 0 Å². The van der Waals surface area contributed by atoms with E-state index >= 15 is 0 Å². The van der Waals surface area contributed by atoms with E-state index in [2.05, 4.69) is 10.3 Å². The van der Waals surface area contributed by atoms with E-state index in [-0.39, 0.29) is 0 Å². The van der Waals surface area contributed by atoms with Crippen LogP contribution in [-0.4, -0.2) is 6.61 Å². The molecule has 0 aromatic carbocycles. The highest BCUT2D eigenvalue weighted by molar-refractivity contribution is 4.96. The van der Waals surface area contributed by atoms with Gasteiger partial charge in [0.15, 0.2) is 0 Å². The predicted octanol–water partition coefficient (Wildman–Crippen LogP) is -0.679. The minimum absolute atomic E-state index is 0.514. The summed E-state index contributed by atoms with van der Waals surface area (Å²) in [6.07, 6.45) is 1.62. The Morgan fingerprint density at radius 3 is 3.00 bits per heavy atom. The zero-order valence-electron chi connectivity index (χ0n) is 3.27. The zero-order valence-corrected chi connectivity index (χ0v) is 3.27. The highest BCUT2D eigenvalue weighted by Gasteiger charge is 1.94. The third-order valence-corrected chi connectivity index (χ3v) is 0.566. The molecule has 0 aliphatic carbocycles. The predicted molar refractivity (Wildman–Crippen MR) is 21.4 cm³/mol. The molecule has 0 aromatic heterocycles. The van der Waals surface area contributed by atoms with Gasteiger partial charge in [0, 0.05) is 6.20 Å². The molecule has 0 aromatic rings. The zero-order chi connectivity index (χ0) is 4.41. The van der Waals surface area contributed by atoms with Crippen LogP contribution < -0.4 is 11.2 Å². The molecule has 0 amide bonds. The molecule has 1 aliphatic rings. The molecule has 3 N–H and O–H groups in total. The molecule has 0 unspecified atom stereocenters. The van der Waals surface area contributed by atoms with Crippen LogP contribution in [0.2, 0.25) is 0 Å². The van der Waals surface area contributed by atoms with Crippen LogP contribution in [0.1, 0.15) is 0 Å².